The molecular weight excluding hydrogens is 400 g/mol. The molecule has 0 radical (unpaired) electrons. The summed E-state index contributed by atoms with van der Waals surface area (Å²) >= 11 is 0. The van der Waals surface area contributed by atoms with Gasteiger partial charge in [-0.2, -0.15) is 0 Å². The highest BCUT2D eigenvalue weighted by Crippen LogP contribution is 2.34. The maximum absolute atomic E-state index is 13.9. The van der Waals surface area contributed by atoms with E-state index in [9.17, 15) is 14.7 Å². The summed E-state index contributed by atoms with van der Waals surface area (Å²) < 4.78 is 0. The molecule has 2 heterocycles. The van der Waals surface area contributed by atoms with Crippen LogP contribution in [0, 0.1) is 0 Å². The van der Waals surface area contributed by atoms with E-state index in [1.807, 2.05) is 72.8 Å². The Morgan fingerprint density at radius 1 is 0.781 bits per heavy atom. The third kappa shape index (κ3) is 3.80. The topological polar surface area (TPSA) is 60.9 Å². The van der Waals surface area contributed by atoms with Crippen LogP contribution in [0.15, 0.2) is 84.9 Å². The predicted octanol–water partition coefficient (Wildman–Crippen LogP) is 3.89. The first-order chi connectivity index (χ1) is 15.6. The molecule has 1 saturated heterocycles. The molecule has 2 atom stereocenters. The van der Waals surface area contributed by atoms with Gasteiger partial charge in [0.15, 0.2) is 0 Å². The fourth-order valence-electron chi connectivity index (χ4n) is 5.11. The smallest absolute Gasteiger partial charge is 0.326 e. The lowest BCUT2D eigenvalue weighted by molar-refractivity contribution is -0.148. The Morgan fingerprint density at radius 3 is 1.78 bits per heavy atom. The number of carbonyl (C=O) groups is 2. The number of rotatable bonds is 5. The number of hydrogen-bond donors (Lipinski definition) is 1. The molecular formula is C27H26N2O3. The summed E-state index contributed by atoms with van der Waals surface area (Å²) in [5, 5.41) is 9.98. The van der Waals surface area contributed by atoms with Gasteiger partial charge in [0, 0.05) is 25.7 Å². The van der Waals surface area contributed by atoms with Crippen LogP contribution in [0.5, 0.6) is 0 Å². The molecule has 2 aliphatic rings. The molecule has 1 fully saturated rings. The van der Waals surface area contributed by atoms with Crippen molar-refractivity contribution in [3.05, 3.63) is 107 Å². The van der Waals surface area contributed by atoms with E-state index in [1.165, 1.54) is 11.1 Å². The normalized spacial score (nSPS) is 20.5. The van der Waals surface area contributed by atoms with E-state index < -0.39 is 17.9 Å². The molecule has 3 aromatic rings. The largest absolute Gasteiger partial charge is 0.480 e. The molecule has 0 unspecified atom stereocenters. The lowest BCUT2D eigenvalue weighted by Gasteiger charge is -2.28. The Balaban J connectivity index is 1.43. The lowest BCUT2D eigenvalue weighted by Crippen LogP contribution is -2.43. The standard InChI is InChI=1S/C27H26N2O3/c30-26(25(19-9-3-1-4-10-19)20-11-5-2-6-12-20)29-18-23(15-24(29)27(31)32)28-16-21-13-7-8-14-22(21)17-28/h1-14,23-25H,15-18H2,(H,31,32)/t23-,24-/m0/s1. The molecule has 0 aromatic heterocycles. The Hall–Kier alpha value is -3.44. The summed E-state index contributed by atoms with van der Waals surface area (Å²) in [5.74, 6) is -1.60. The van der Waals surface area contributed by atoms with Crippen LogP contribution in [0.3, 0.4) is 0 Å². The zero-order valence-electron chi connectivity index (χ0n) is 17.8. The number of carboxylic acids is 1. The minimum absolute atomic E-state index is 0.0275. The van der Waals surface area contributed by atoms with E-state index in [0.29, 0.717) is 13.0 Å². The van der Waals surface area contributed by atoms with Crippen molar-refractivity contribution in [1.29, 1.82) is 0 Å². The molecule has 5 nitrogen and oxygen atoms in total. The molecule has 162 valence electrons. The molecule has 5 heteroatoms. The van der Waals surface area contributed by atoms with Crippen LogP contribution < -0.4 is 0 Å². The van der Waals surface area contributed by atoms with Crippen LogP contribution in [0.1, 0.15) is 34.6 Å². The maximum atomic E-state index is 13.9. The number of fused-ring (bicyclic) bond motifs is 1. The second kappa shape index (κ2) is 8.60. The summed E-state index contributed by atoms with van der Waals surface area (Å²) in [4.78, 5) is 30.0. The van der Waals surface area contributed by atoms with Gasteiger partial charge >= 0.3 is 5.97 Å². The second-order valence-electron chi connectivity index (χ2n) is 8.66. The minimum atomic E-state index is -0.933. The molecule has 5 rings (SSSR count). The van der Waals surface area contributed by atoms with Crippen molar-refractivity contribution in [2.45, 2.75) is 37.5 Å². The van der Waals surface area contributed by atoms with E-state index in [0.717, 1.165) is 24.2 Å². The number of nitrogens with zero attached hydrogens (tertiary/aromatic N) is 2. The van der Waals surface area contributed by atoms with Gasteiger partial charge in [0.2, 0.25) is 5.91 Å². The van der Waals surface area contributed by atoms with Crippen LogP contribution in [0.4, 0.5) is 0 Å². The van der Waals surface area contributed by atoms with Crippen molar-refractivity contribution in [3.8, 4) is 0 Å². The highest BCUT2D eigenvalue weighted by Gasteiger charge is 2.44. The molecule has 0 saturated carbocycles. The lowest BCUT2D eigenvalue weighted by atomic mass is 9.90. The van der Waals surface area contributed by atoms with Gasteiger partial charge in [-0.15, -0.1) is 0 Å². The van der Waals surface area contributed by atoms with E-state index in [1.54, 1.807) is 4.90 Å². The number of likely N-dealkylation sites (tertiary alicyclic amines) is 1. The fraction of sp³-hybridized carbons (Fsp3) is 0.259. The monoisotopic (exact) mass is 426 g/mol. The molecule has 0 spiro atoms. The Labute approximate surface area is 187 Å². The van der Waals surface area contributed by atoms with Crippen LogP contribution in [-0.4, -0.2) is 45.4 Å². The van der Waals surface area contributed by atoms with Crippen molar-refractivity contribution in [3.63, 3.8) is 0 Å². The van der Waals surface area contributed by atoms with E-state index in [4.69, 9.17) is 0 Å². The number of hydrogen-bond acceptors (Lipinski definition) is 3. The Kier molecular flexibility index (Phi) is 5.50. The summed E-state index contributed by atoms with van der Waals surface area (Å²) in [5.41, 5.74) is 4.33. The predicted molar refractivity (Wildman–Crippen MR) is 122 cm³/mol. The average molecular weight is 427 g/mol. The fourth-order valence-corrected chi connectivity index (χ4v) is 5.11. The Bertz CT molecular complexity index is 1050. The van der Waals surface area contributed by atoms with Gasteiger partial charge in [0.05, 0.1) is 5.92 Å². The average Bonchev–Trinajstić information content (AvgIpc) is 3.45. The Morgan fingerprint density at radius 2 is 1.28 bits per heavy atom. The highest BCUT2D eigenvalue weighted by atomic mass is 16.4. The summed E-state index contributed by atoms with van der Waals surface area (Å²) in [6.07, 6.45) is 0.450. The summed E-state index contributed by atoms with van der Waals surface area (Å²) in [7, 11) is 0. The number of aliphatic carboxylic acids is 1. The third-order valence-electron chi connectivity index (χ3n) is 6.74. The zero-order chi connectivity index (χ0) is 22.1. The number of amides is 1. The number of carboxylic acid groups (broad SMARTS) is 1. The second-order valence-corrected chi connectivity index (χ2v) is 8.66. The summed E-state index contributed by atoms with van der Waals surface area (Å²) in [6, 6.07) is 26.8. The van der Waals surface area contributed by atoms with Crippen molar-refractivity contribution in [2.24, 2.45) is 0 Å². The van der Waals surface area contributed by atoms with Crippen molar-refractivity contribution in [1.82, 2.24) is 9.80 Å². The van der Waals surface area contributed by atoms with Crippen LogP contribution in [0.25, 0.3) is 0 Å². The molecule has 2 aliphatic heterocycles. The first-order valence-corrected chi connectivity index (χ1v) is 11.1. The molecule has 32 heavy (non-hydrogen) atoms. The molecule has 0 aliphatic carbocycles. The van der Waals surface area contributed by atoms with Crippen molar-refractivity contribution in [2.75, 3.05) is 6.54 Å². The first-order valence-electron chi connectivity index (χ1n) is 11.1. The zero-order valence-corrected chi connectivity index (χ0v) is 17.8. The quantitative estimate of drug-likeness (QED) is 0.673. The molecule has 1 amide bonds. The van der Waals surface area contributed by atoms with Gasteiger partial charge in [-0.05, 0) is 28.7 Å². The van der Waals surface area contributed by atoms with Crippen LogP contribution in [0.2, 0.25) is 0 Å². The summed E-state index contributed by atoms with van der Waals surface area (Å²) in [6.45, 7) is 2.03. The molecule has 0 bridgehead atoms. The van der Waals surface area contributed by atoms with Gasteiger partial charge in [-0.1, -0.05) is 84.9 Å². The van der Waals surface area contributed by atoms with Gasteiger partial charge < -0.3 is 10.0 Å². The van der Waals surface area contributed by atoms with Crippen LogP contribution in [-0.2, 0) is 22.7 Å². The van der Waals surface area contributed by atoms with Crippen molar-refractivity contribution >= 4 is 11.9 Å². The molecule has 3 aromatic carbocycles. The molecule has 1 N–H and O–H groups in total. The van der Waals surface area contributed by atoms with Crippen molar-refractivity contribution < 1.29 is 14.7 Å². The minimum Gasteiger partial charge on any atom is -0.480 e. The van der Waals surface area contributed by atoms with Crippen LogP contribution >= 0.6 is 0 Å². The highest BCUT2D eigenvalue weighted by molar-refractivity contribution is 5.91. The van der Waals surface area contributed by atoms with Gasteiger partial charge in [-0.25, -0.2) is 4.79 Å². The number of carbonyl (C=O) groups excluding carboxylic acids is 1. The first kappa shape index (κ1) is 20.5. The van der Waals surface area contributed by atoms with E-state index in [2.05, 4.69) is 17.0 Å². The van der Waals surface area contributed by atoms with Gasteiger partial charge in [0.1, 0.15) is 6.04 Å². The number of benzene rings is 3. The van der Waals surface area contributed by atoms with E-state index in [-0.39, 0.29) is 11.9 Å². The SMILES string of the molecule is O=C(O)[C@@H]1C[C@H](N2Cc3ccccc3C2)CN1C(=O)C(c1ccccc1)c1ccccc1. The van der Waals surface area contributed by atoms with E-state index >= 15 is 0 Å². The van der Waals surface area contributed by atoms with Gasteiger partial charge in [0.25, 0.3) is 0 Å². The van der Waals surface area contributed by atoms with Gasteiger partial charge in [-0.3, -0.25) is 9.69 Å². The third-order valence-corrected chi connectivity index (χ3v) is 6.74. The maximum Gasteiger partial charge on any atom is 0.326 e.